The number of ether oxygens (including phenoxy) is 1. The van der Waals surface area contributed by atoms with Gasteiger partial charge in [0.2, 0.25) is 0 Å². The third kappa shape index (κ3) is 20.4. The molecule has 2 atom stereocenters. The van der Waals surface area contributed by atoms with Gasteiger partial charge in [-0.2, -0.15) is 0 Å². The van der Waals surface area contributed by atoms with Crippen molar-refractivity contribution in [1.82, 2.24) is 0 Å². The molecule has 0 saturated heterocycles. The van der Waals surface area contributed by atoms with Crippen molar-refractivity contribution in [1.29, 1.82) is 0 Å². The van der Waals surface area contributed by atoms with E-state index >= 15 is 0 Å². The zero-order valence-electron chi connectivity index (χ0n) is 8.81. The van der Waals surface area contributed by atoms with E-state index in [1.54, 1.807) is 0 Å². The van der Waals surface area contributed by atoms with Crippen LogP contribution in [0.25, 0.3) is 5.73 Å². The van der Waals surface area contributed by atoms with Gasteiger partial charge in [0.05, 0.1) is 7.11 Å². The van der Waals surface area contributed by atoms with Gasteiger partial charge < -0.3 is 19.8 Å². The van der Waals surface area contributed by atoms with E-state index in [1.807, 2.05) is 0 Å². The smallest absolute Gasteiger partial charge is 0.304 e. The first-order valence-electron chi connectivity index (χ1n) is 3.60. The molecule has 8 heteroatoms. The van der Waals surface area contributed by atoms with Crippen molar-refractivity contribution in [2.45, 2.75) is 19.4 Å². The fraction of sp³-hybridized carbons (Fsp3) is 0.714. The number of hydrogen-bond acceptors (Lipinski definition) is 5. The first-order chi connectivity index (χ1) is 6.31. The van der Waals surface area contributed by atoms with Crippen LogP contribution in [0.2, 0.25) is 0 Å². The number of hydrogen-bond donors (Lipinski definition) is 0. The molecule has 2 unspecified atom stereocenters. The Morgan fingerprint density at radius 1 is 1.53 bits per heavy atom. The molecule has 6 nitrogen and oxygen atoms in total. The van der Waals surface area contributed by atoms with Crippen molar-refractivity contribution in [3.05, 3.63) is 5.73 Å². The summed E-state index contributed by atoms with van der Waals surface area (Å²) < 4.78 is 22.3. The molecular formula is C7H13NO5SY-2. The van der Waals surface area contributed by atoms with Crippen LogP contribution in [-0.4, -0.2) is 39.9 Å². The molecule has 0 aliphatic carbocycles. The van der Waals surface area contributed by atoms with Crippen LogP contribution in [0.15, 0.2) is 0 Å². The van der Waals surface area contributed by atoms with E-state index in [0.29, 0.717) is 0 Å². The molecule has 1 radical (unpaired) electrons. The summed E-state index contributed by atoms with van der Waals surface area (Å²) in [6, 6.07) is -0.965. The Balaban J connectivity index is -0.000000249. The van der Waals surface area contributed by atoms with Crippen LogP contribution in [0.1, 0.15) is 13.3 Å². The molecule has 0 fully saturated rings. The third-order valence-corrected chi connectivity index (χ3v) is 1.09. The van der Waals surface area contributed by atoms with Crippen LogP contribution < -0.4 is 0 Å². The summed E-state index contributed by atoms with van der Waals surface area (Å²) in [5.74, 6) is -0.833. The molecule has 0 aromatic rings. The number of Topliss-reactive ketones (excluding diaryl/α,β-unsaturated/α-hetero) is 1. The number of carbonyl (C=O) groups excluding carboxylic acids is 2. The molecule has 87 valence electrons. The Kier molecular flexibility index (Phi) is 17.1. The minimum Gasteiger partial charge on any atom is -0.773 e. The Labute approximate surface area is 116 Å². The normalized spacial score (nSPS) is 12.3. The number of ketones is 1. The second-order valence-corrected chi connectivity index (χ2v) is 3.15. The van der Waals surface area contributed by atoms with Crippen LogP contribution in [0.3, 0.4) is 0 Å². The predicted molar refractivity (Wildman–Crippen MR) is 50.3 cm³/mol. The molecule has 0 amide bonds. The van der Waals surface area contributed by atoms with Crippen molar-refractivity contribution in [3.8, 4) is 0 Å². The summed E-state index contributed by atoms with van der Waals surface area (Å²) >= 11 is -1.86. The van der Waals surface area contributed by atoms with E-state index in [0.717, 1.165) is 6.26 Å². The summed E-state index contributed by atoms with van der Waals surface area (Å²) in [5.41, 5.74) is 7.01. The summed E-state index contributed by atoms with van der Waals surface area (Å²) in [7, 11) is 1.23. The summed E-state index contributed by atoms with van der Waals surface area (Å²) in [4.78, 5) is 20.8. The van der Waals surface area contributed by atoms with Gasteiger partial charge >= 0.3 is 5.97 Å². The molecule has 0 spiro atoms. The van der Waals surface area contributed by atoms with Gasteiger partial charge in [0.15, 0.2) is 0 Å². The number of rotatable bonds is 3. The monoisotopic (exact) mass is 312 g/mol. The van der Waals surface area contributed by atoms with Gasteiger partial charge in [0.1, 0.15) is 5.78 Å². The molecule has 0 aliphatic heterocycles. The van der Waals surface area contributed by atoms with Crippen LogP contribution in [-0.2, 0) is 58.1 Å². The largest absolute Gasteiger partial charge is 0.773 e. The van der Waals surface area contributed by atoms with Gasteiger partial charge in [-0.15, -0.1) is 0 Å². The molecule has 0 aromatic carbocycles. The average molecular weight is 312 g/mol. The number of esters is 1. The maximum absolute atomic E-state index is 10.4. The minimum absolute atomic E-state index is 0. The van der Waals surface area contributed by atoms with Gasteiger partial charge in [0, 0.05) is 39.1 Å². The molecule has 0 bridgehead atoms. The van der Waals surface area contributed by atoms with Gasteiger partial charge in [0.25, 0.3) is 0 Å². The average Bonchev–Trinajstić information content (AvgIpc) is 2.02. The van der Waals surface area contributed by atoms with Crippen LogP contribution >= 0.6 is 0 Å². The molecule has 0 saturated carbocycles. The van der Waals surface area contributed by atoms with Gasteiger partial charge in [-0.05, 0) is 13.2 Å². The molecule has 15 heavy (non-hydrogen) atoms. The first-order valence-corrected chi connectivity index (χ1v) is 5.08. The Morgan fingerprint density at radius 3 is 2.07 bits per heavy atom. The second kappa shape index (κ2) is 12.4. The van der Waals surface area contributed by atoms with Crippen molar-refractivity contribution in [2.24, 2.45) is 0 Å². The molecule has 0 rings (SSSR count). The fourth-order valence-electron chi connectivity index (χ4n) is 0.394. The fourth-order valence-corrected chi connectivity index (χ4v) is 0.394. The SMILES string of the molecule is COC(=O)CC([NH-])C(C)=O.CS(=O)[O-].[Y]. The third-order valence-electron chi connectivity index (χ3n) is 1.09. The maximum Gasteiger partial charge on any atom is 0.304 e. The number of nitrogens with one attached hydrogen (secondary N) is 1. The van der Waals surface area contributed by atoms with Crippen molar-refractivity contribution in [2.75, 3.05) is 13.4 Å². The molecule has 1 N–H and O–H groups in total. The first kappa shape index (κ1) is 20.7. The molecular weight excluding hydrogens is 299 g/mol. The van der Waals surface area contributed by atoms with E-state index in [4.69, 9.17) is 14.5 Å². The van der Waals surface area contributed by atoms with Crippen LogP contribution in [0.4, 0.5) is 0 Å². The van der Waals surface area contributed by atoms with Crippen molar-refractivity contribution < 1.29 is 55.8 Å². The van der Waals surface area contributed by atoms with Crippen LogP contribution in [0.5, 0.6) is 0 Å². The maximum atomic E-state index is 10.4. The van der Waals surface area contributed by atoms with Crippen molar-refractivity contribution >= 4 is 22.8 Å². The van der Waals surface area contributed by atoms with Gasteiger partial charge in [-0.1, -0.05) is 17.1 Å². The van der Waals surface area contributed by atoms with E-state index in [9.17, 15) is 9.59 Å². The van der Waals surface area contributed by atoms with E-state index in [2.05, 4.69) is 4.74 Å². The summed E-state index contributed by atoms with van der Waals surface area (Å²) in [5, 5.41) is 0. The Bertz CT molecular complexity index is 219. The molecule has 0 aliphatic rings. The van der Waals surface area contributed by atoms with Gasteiger partial charge in [-0.25, -0.2) is 0 Å². The zero-order chi connectivity index (χ0) is 11.7. The van der Waals surface area contributed by atoms with Gasteiger partial charge in [-0.3, -0.25) is 9.00 Å². The zero-order valence-corrected chi connectivity index (χ0v) is 12.5. The summed E-state index contributed by atoms with van der Waals surface area (Å²) in [6.07, 6.45) is 0.936. The quantitative estimate of drug-likeness (QED) is 0.540. The minimum atomic E-state index is -1.86. The number of carbonyl (C=O) groups is 2. The van der Waals surface area contributed by atoms with E-state index in [-0.39, 0.29) is 44.9 Å². The topological polar surface area (TPSA) is 107 Å². The van der Waals surface area contributed by atoms with Crippen LogP contribution in [0, 0.1) is 0 Å². The molecule has 0 heterocycles. The number of methoxy groups -OCH3 is 1. The van der Waals surface area contributed by atoms with E-state index in [1.165, 1.54) is 14.0 Å². The Morgan fingerprint density at radius 2 is 1.87 bits per heavy atom. The Hall–Kier alpha value is 0.314. The van der Waals surface area contributed by atoms with E-state index < -0.39 is 23.1 Å². The van der Waals surface area contributed by atoms with Crippen molar-refractivity contribution in [3.63, 3.8) is 0 Å². The predicted octanol–water partition coefficient (Wildman–Crippen LogP) is 0.0521. The molecule has 0 aromatic heterocycles. The second-order valence-electron chi connectivity index (χ2n) is 2.34. The standard InChI is InChI=1S/C6H10NO3.CH4O2S.Y/c1-4(8)5(7)3-6(9)10-2;1-4(2)3;/h5,7H,3H2,1-2H3;1H3,(H,2,3);/q-1;;/p-1. The summed E-state index contributed by atoms with van der Waals surface area (Å²) in [6.45, 7) is 1.28.